The number of carbonyl (C=O) groups is 1. The maximum atomic E-state index is 12.2. The number of hydrogen-bond donors (Lipinski definition) is 1. The van der Waals surface area contributed by atoms with Crippen LogP contribution in [-0.4, -0.2) is 17.0 Å². The van der Waals surface area contributed by atoms with E-state index in [-0.39, 0.29) is 18.0 Å². The number of fused-ring (bicyclic) bond motifs is 1. The smallest absolute Gasteiger partial charge is 0.258 e. The van der Waals surface area contributed by atoms with Crippen LogP contribution in [-0.2, 0) is 11.3 Å². The van der Waals surface area contributed by atoms with Gasteiger partial charge in [0.25, 0.3) is 5.56 Å². The van der Waals surface area contributed by atoms with Crippen molar-refractivity contribution in [3.8, 4) is 0 Å². The summed E-state index contributed by atoms with van der Waals surface area (Å²) >= 11 is 0. The number of pyridine rings is 1. The molecule has 0 aliphatic carbocycles. The van der Waals surface area contributed by atoms with E-state index in [1.165, 1.54) is 4.57 Å². The van der Waals surface area contributed by atoms with Gasteiger partial charge in [-0.05, 0) is 23.9 Å². The molecule has 0 unspecified atom stereocenters. The minimum atomic E-state index is -0.122. The van der Waals surface area contributed by atoms with E-state index >= 15 is 0 Å². The largest absolute Gasteiger partial charge is 0.355 e. The fourth-order valence-electron chi connectivity index (χ4n) is 1.97. The van der Waals surface area contributed by atoms with Crippen LogP contribution in [0.4, 0.5) is 0 Å². The van der Waals surface area contributed by atoms with E-state index in [1.807, 2.05) is 24.3 Å². The lowest BCUT2D eigenvalue weighted by Crippen LogP contribution is -2.32. The Kier molecular flexibility index (Phi) is 4.34. The average molecular weight is 258 g/mol. The first kappa shape index (κ1) is 13.3. The summed E-state index contributed by atoms with van der Waals surface area (Å²) in [6.07, 6.45) is 3.67. The van der Waals surface area contributed by atoms with Gasteiger partial charge in [0.05, 0.1) is 0 Å². The highest BCUT2D eigenvalue weighted by Gasteiger charge is 2.06. The molecule has 4 nitrogen and oxygen atoms in total. The fourth-order valence-corrected chi connectivity index (χ4v) is 1.97. The van der Waals surface area contributed by atoms with Crippen molar-refractivity contribution in [2.45, 2.75) is 26.3 Å². The summed E-state index contributed by atoms with van der Waals surface area (Å²) in [6, 6.07) is 9.25. The molecule has 1 N–H and O–H groups in total. The Morgan fingerprint density at radius 1 is 1.26 bits per heavy atom. The molecule has 4 heteroatoms. The van der Waals surface area contributed by atoms with Gasteiger partial charge in [0.15, 0.2) is 0 Å². The van der Waals surface area contributed by atoms with Crippen molar-refractivity contribution in [3.05, 3.63) is 46.9 Å². The van der Waals surface area contributed by atoms with E-state index in [2.05, 4.69) is 12.2 Å². The summed E-state index contributed by atoms with van der Waals surface area (Å²) in [6.45, 7) is 2.81. The molecular formula is C15H18N2O2. The van der Waals surface area contributed by atoms with Crippen molar-refractivity contribution in [2.75, 3.05) is 6.54 Å². The average Bonchev–Trinajstić information content (AvgIpc) is 2.43. The van der Waals surface area contributed by atoms with Gasteiger partial charge in [-0.15, -0.1) is 0 Å². The molecule has 2 rings (SSSR count). The van der Waals surface area contributed by atoms with E-state index in [9.17, 15) is 9.59 Å². The maximum absolute atomic E-state index is 12.2. The number of nitrogens with zero attached hydrogens (tertiary/aromatic N) is 1. The number of amides is 1. The molecule has 100 valence electrons. The molecule has 0 aliphatic rings. The van der Waals surface area contributed by atoms with Gasteiger partial charge in [0.1, 0.15) is 6.54 Å². The summed E-state index contributed by atoms with van der Waals surface area (Å²) in [7, 11) is 0. The Balaban J connectivity index is 2.15. The van der Waals surface area contributed by atoms with Crippen LogP contribution in [0.2, 0.25) is 0 Å². The van der Waals surface area contributed by atoms with Crippen LogP contribution in [0.25, 0.3) is 10.8 Å². The first-order valence-corrected chi connectivity index (χ1v) is 6.57. The maximum Gasteiger partial charge on any atom is 0.258 e. The molecule has 2 aromatic rings. The number of aromatic nitrogens is 1. The summed E-state index contributed by atoms with van der Waals surface area (Å²) in [5.74, 6) is -0.120. The molecule has 0 saturated carbocycles. The molecule has 19 heavy (non-hydrogen) atoms. The Bertz CT molecular complexity index is 631. The molecule has 0 aliphatic heterocycles. The zero-order valence-electron chi connectivity index (χ0n) is 11.1. The van der Waals surface area contributed by atoms with Gasteiger partial charge in [0.2, 0.25) is 5.91 Å². The lowest BCUT2D eigenvalue weighted by atomic mass is 10.2. The number of nitrogens with one attached hydrogen (secondary N) is 1. The van der Waals surface area contributed by atoms with E-state index in [0.717, 1.165) is 18.2 Å². The van der Waals surface area contributed by atoms with Gasteiger partial charge >= 0.3 is 0 Å². The molecule has 1 aromatic heterocycles. The summed E-state index contributed by atoms with van der Waals surface area (Å²) in [4.78, 5) is 23.9. The predicted octanol–water partition coefficient (Wildman–Crippen LogP) is 1.92. The Morgan fingerprint density at radius 2 is 2.05 bits per heavy atom. The molecule has 0 fully saturated rings. The molecule has 0 saturated heterocycles. The molecular weight excluding hydrogens is 240 g/mol. The van der Waals surface area contributed by atoms with E-state index < -0.39 is 0 Å². The van der Waals surface area contributed by atoms with Crippen LogP contribution in [0, 0.1) is 0 Å². The lowest BCUT2D eigenvalue weighted by Gasteiger charge is -2.08. The fraction of sp³-hybridized carbons (Fsp3) is 0.333. The van der Waals surface area contributed by atoms with Crippen LogP contribution in [0.1, 0.15) is 19.8 Å². The highest BCUT2D eigenvalue weighted by molar-refractivity contribution is 5.82. The molecule has 0 radical (unpaired) electrons. The monoisotopic (exact) mass is 258 g/mol. The van der Waals surface area contributed by atoms with Crippen molar-refractivity contribution >= 4 is 16.7 Å². The normalized spacial score (nSPS) is 10.6. The third-order valence-electron chi connectivity index (χ3n) is 3.05. The van der Waals surface area contributed by atoms with Gasteiger partial charge in [0, 0.05) is 18.1 Å². The first-order valence-electron chi connectivity index (χ1n) is 6.57. The molecule has 0 bridgehead atoms. The van der Waals surface area contributed by atoms with E-state index in [1.54, 1.807) is 12.3 Å². The number of benzene rings is 1. The van der Waals surface area contributed by atoms with Crippen molar-refractivity contribution in [2.24, 2.45) is 0 Å². The minimum Gasteiger partial charge on any atom is -0.355 e. The van der Waals surface area contributed by atoms with Gasteiger partial charge in [-0.1, -0.05) is 31.5 Å². The molecule has 0 spiro atoms. The predicted molar refractivity (Wildman–Crippen MR) is 76.1 cm³/mol. The second-order valence-corrected chi connectivity index (χ2v) is 4.54. The molecule has 1 heterocycles. The topological polar surface area (TPSA) is 51.1 Å². The standard InChI is InChI=1S/C15H18N2O2/c1-2-3-9-16-14(18)11-17-10-8-12-6-4-5-7-13(12)15(17)19/h4-8,10H,2-3,9,11H2,1H3,(H,16,18). The zero-order valence-corrected chi connectivity index (χ0v) is 11.1. The highest BCUT2D eigenvalue weighted by Crippen LogP contribution is 2.07. The van der Waals surface area contributed by atoms with Crippen LogP contribution >= 0.6 is 0 Å². The summed E-state index contributed by atoms with van der Waals surface area (Å²) in [5, 5.41) is 4.35. The van der Waals surface area contributed by atoms with Gasteiger partial charge < -0.3 is 9.88 Å². The lowest BCUT2D eigenvalue weighted by molar-refractivity contribution is -0.121. The third-order valence-corrected chi connectivity index (χ3v) is 3.05. The minimum absolute atomic E-state index is 0.0768. The van der Waals surface area contributed by atoms with Crippen molar-refractivity contribution in [3.63, 3.8) is 0 Å². The Morgan fingerprint density at radius 3 is 2.84 bits per heavy atom. The first-order chi connectivity index (χ1) is 9.22. The quantitative estimate of drug-likeness (QED) is 0.833. The van der Waals surface area contributed by atoms with Crippen LogP contribution < -0.4 is 10.9 Å². The van der Waals surface area contributed by atoms with Gasteiger partial charge in [-0.25, -0.2) is 0 Å². The second-order valence-electron chi connectivity index (χ2n) is 4.54. The number of unbranched alkanes of at least 4 members (excludes halogenated alkanes) is 1. The number of carbonyl (C=O) groups excluding carboxylic acids is 1. The van der Waals surface area contributed by atoms with Crippen molar-refractivity contribution < 1.29 is 4.79 Å². The summed E-state index contributed by atoms with van der Waals surface area (Å²) < 4.78 is 1.45. The van der Waals surface area contributed by atoms with Gasteiger partial charge in [-0.3, -0.25) is 9.59 Å². The van der Waals surface area contributed by atoms with Crippen LogP contribution in [0.15, 0.2) is 41.3 Å². The molecule has 0 atom stereocenters. The van der Waals surface area contributed by atoms with E-state index in [4.69, 9.17) is 0 Å². The SMILES string of the molecule is CCCCNC(=O)Cn1ccc2ccccc2c1=O. The van der Waals surface area contributed by atoms with Crippen molar-refractivity contribution in [1.82, 2.24) is 9.88 Å². The molecule has 1 amide bonds. The second kappa shape index (κ2) is 6.18. The van der Waals surface area contributed by atoms with Gasteiger partial charge in [-0.2, -0.15) is 0 Å². The van der Waals surface area contributed by atoms with E-state index in [0.29, 0.717) is 11.9 Å². The Hall–Kier alpha value is -2.10. The number of hydrogen-bond acceptors (Lipinski definition) is 2. The third kappa shape index (κ3) is 3.22. The highest BCUT2D eigenvalue weighted by atomic mass is 16.2. The summed E-state index contributed by atoms with van der Waals surface area (Å²) in [5.41, 5.74) is -0.122. The zero-order chi connectivity index (χ0) is 13.7. The number of rotatable bonds is 5. The Labute approximate surface area is 112 Å². The van der Waals surface area contributed by atoms with Crippen molar-refractivity contribution in [1.29, 1.82) is 0 Å². The van der Waals surface area contributed by atoms with Crippen LogP contribution in [0.5, 0.6) is 0 Å². The molecule has 1 aromatic carbocycles. The van der Waals surface area contributed by atoms with Crippen LogP contribution in [0.3, 0.4) is 0 Å².